The van der Waals surface area contributed by atoms with Crippen molar-refractivity contribution in [3.05, 3.63) is 40.4 Å². The number of allylic oxidation sites excluding steroid dienone is 2. The Morgan fingerprint density at radius 1 is 1.50 bits per heavy atom. The maximum absolute atomic E-state index is 11.6. The molecule has 0 bridgehead atoms. The molecule has 0 unspecified atom stereocenters. The summed E-state index contributed by atoms with van der Waals surface area (Å²) in [5.74, 6) is -0.486. The van der Waals surface area contributed by atoms with Gasteiger partial charge in [-0.05, 0) is 31.4 Å². The molecule has 1 aliphatic rings. The lowest BCUT2D eigenvalue weighted by Gasteiger charge is -2.19. The molecule has 1 aromatic carbocycles. The number of phenols is 1. The Morgan fingerprint density at radius 2 is 2.28 bits per heavy atom. The number of hydrogen-bond acceptors (Lipinski definition) is 3. The molecule has 0 fully saturated rings. The van der Waals surface area contributed by atoms with Gasteiger partial charge in [-0.3, -0.25) is 0 Å². The molecule has 0 amide bonds. The second kappa shape index (κ2) is 5.44. The summed E-state index contributed by atoms with van der Waals surface area (Å²) in [6.07, 6.45) is 7.22. The van der Waals surface area contributed by atoms with Crippen molar-refractivity contribution in [2.45, 2.75) is 25.2 Å². The van der Waals surface area contributed by atoms with Gasteiger partial charge < -0.3 is 9.84 Å². The van der Waals surface area contributed by atoms with E-state index in [1.807, 2.05) is 0 Å². The first-order valence-electron chi connectivity index (χ1n) is 5.91. The largest absolute Gasteiger partial charge is 0.507 e. The van der Waals surface area contributed by atoms with E-state index in [2.05, 4.69) is 16.9 Å². The van der Waals surface area contributed by atoms with E-state index in [0.717, 1.165) is 19.3 Å². The smallest absolute Gasteiger partial charge is 0.341 e. The minimum absolute atomic E-state index is 0.0252. The van der Waals surface area contributed by atoms with Crippen molar-refractivity contribution in [3.63, 3.8) is 0 Å². The van der Waals surface area contributed by atoms with Gasteiger partial charge in [0, 0.05) is 16.5 Å². The Kier molecular flexibility index (Phi) is 3.92. The minimum Gasteiger partial charge on any atom is -0.507 e. The predicted molar refractivity (Wildman–Crippen MR) is 70.2 cm³/mol. The number of aromatic hydroxyl groups is 1. The van der Waals surface area contributed by atoms with E-state index in [-0.39, 0.29) is 17.2 Å². The molecule has 0 aromatic heterocycles. The highest BCUT2D eigenvalue weighted by molar-refractivity contribution is 6.31. The number of benzene rings is 1. The summed E-state index contributed by atoms with van der Waals surface area (Å²) in [5.41, 5.74) is 0.817. The molecule has 1 atom stereocenters. The highest BCUT2D eigenvalue weighted by Gasteiger charge is 2.21. The lowest BCUT2D eigenvalue weighted by molar-refractivity contribution is 0.0597. The zero-order valence-electron chi connectivity index (χ0n) is 10.1. The fraction of sp³-hybridized carbons (Fsp3) is 0.357. The summed E-state index contributed by atoms with van der Waals surface area (Å²) >= 11 is 6.00. The average Bonchev–Trinajstić information content (AvgIpc) is 2.41. The quantitative estimate of drug-likeness (QED) is 0.656. The van der Waals surface area contributed by atoms with Crippen LogP contribution in [0.1, 0.15) is 41.1 Å². The third-order valence-electron chi connectivity index (χ3n) is 3.16. The van der Waals surface area contributed by atoms with Crippen LogP contribution in [0.5, 0.6) is 5.75 Å². The van der Waals surface area contributed by atoms with Crippen molar-refractivity contribution in [1.82, 2.24) is 0 Å². The van der Waals surface area contributed by atoms with E-state index < -0.39 is 5.97 Å². The highest BCUT2D eigenvalue weighted by Crippen LogP contribution is 2.37. The maximum atomic E-state index is 11.6. The third kappa shape index (κ3) is 2.51. The molecule has 2 rings (SSSR count). The van der Waals surface area contributed by atoms with Crippen LogP contribution in [0.15, 0.2) is 24.3 Å². The second-order valence-corrected chi connectivity index (χ2v) is 4.78. The summed E-state index contributed by atoms with van der Waals surface area (Å²) in [7, 11) is 1.28. The van der Waals surface area contributed by atoms with Crippen molar-refractivity contribution in [3.8, 4) is 5.75 Å². The summed E-state index contributed by atoms with van der Waals surface area (Å²) in [6.45, 7) is 0. The minimum atomic E-state index is -0.573. The highest BCUT2D eigenvalue weighted by atomic mass is 35.5. The summed E-state index contributed by atoms with van der Waals surface area (Å²) in [6, 6.07) is 3.14. The van der Waals surface area contributed by atoms with Crippen LogP contribution in [0.4, 0.5) is 0 Å². The number of phenolic OH excluding ortho intramolecular Hbond substituents is 1. The van der Waals surface area contributed by atoms with Gasteiger partial charge in [-0.25, -0.2) is 4.79 Å². The fourth-order valence-electron chi connectivity index (χ4n) is 2.24. The monoisotopic (exact) mass is 266 g/mol. The molecule has 4 heteroatoms. The van der Waals surface area contributed by atoms with Gasteiger partial charge in [0.15, 0.2) is 0 Å². The van der Waals surface area contributed by atoms with Crippen LogP contribution in [0.2, 0.25) is 5.02 Å². The molecule has 0 heterocycles. The van der Waals surface area contributed by atoms with Gasteiger partial charge in [0.2, 0.25) is 0 Å². The number of hydrogen-bond donors (Lipinski definition) is 1. The van der Waals surface area contributed by atoms with Crippen molar-refractivity contribution >= 4 is 17.6 Å². The van der Waals surface area contributed by atoms with Gasteiger partial charge in [-0.15, -0.1) is 0 Å². The van der Waals surface area contributed by atoms with Gasteiger partial charge >= 0.3 is 5.97 Å². The van der Waals surface area contributed by atoms with Gasteiger partial charge in [0.25, 0.3) is 0 Å². The van der Waals surface area contributed by atoms with E-state index in [1.54, 1.807) is 6.07 Å². The van der Waals surface area contributed by atoms with E-state index in [9.17, 15) is 9.90 Å². The van der Waals surface area contributed by atoms with Crippen molar-refractivity contribution in [2.75, 3.05) is 7.11 Å². The van der Waals surface area contributed by atoms with Crippen LogP contribution in [-0.2, 0) is 4.74 Å². The van der Waals surface area contributed by atoms with Crippen LogP contribution in [0.25, 0.3) is 0 Å². The first-order valence-corrected chi connectivity index (χ1v) is 6.28. The van der Waals surface area contributed by atoms with Gasteiger partial charge in [-0.1, -0.05) is 23.8 Å². The lowest BCUT2D eigenvalue weighted by Crippen LogP contribution is -2.06. The first kappa shape index (κ1) is 13.0. The molecule has 1 aromatic rings. The normalized spacial score (nSPS) is 18.7. The first-order chi connectivity index (χ1) is 8.63. The van der Waals surface area contributed by atoms with Crippen LogP contribution >= 0.6 is 11.6 Å². The van der Waals surface area contributed by atoms with E-state index in [1.165, 1.54) is 13.2 Å². The Balaban J connectivity index is 2.47. The SMILES string of the molecule is COC(=O)c1cc(Cl)cc([C@@H]2C=CCCC2)c1O. The second-order valence-electron chi connectivity index (χ2n) is 4.35. The Labute approximate surface area is 111 Å². The van der Waals surface area contributed by atoms with Crippen LogP contribution in [-0.4, -0.2) is 18.2 Å². The maximum Gasteiger partial charge on any atom is 0.341 e. The van der Waals surface area contributed by atoms with Crippen molar-refractivity contribution in [1.29, 1.82) is 0 Å². The molecule has 0 saturated heterocycles. The Bertz CT molecular complexity index is 494. The molecule has 96 valence electrons. The predicted octanol–water partition coefficient (Wildman–Crippen LogP) is 3.66. The molecular formula is C14H15ClO3. The number of esters is 1. The molecule has 0 saturated carbocycles. The summed E-state index contributed by atoms with van der Waals surface area (Å²) < 4.78 is 4.64. The number of halogens is 1. The average molecular weight is 267 g/mol. The molecule has 1 N–H and O–H groups in total. The number of rotatable bonds is 2. The van der Waals surface area contributed by atoms with Gasteiger partial charge in [-0.2, -0.15) is 0 Å². The van der Waals surface area contributed by atoms with Crippen molar-refractivity contribution < 1.29 is 14.6 Å². The van der Waals surface area contributed by atoms with E-state index >= 15 is 0 Å². The molecule has 1 aliphatic carbocycles. The molecule has 3 nitrogen and oxygen atoms in total. The van der Waals surface area contributed by atoms with Gasteiger partial charge in [0.05, 0.1) is 7.11 Å². The van der Waals surface area contributed by atoms with E-state index in [0.29, 0.717) is 10.6 Å². The fourth-order valence-corrected chi connectivity index (χ4v) is 2.47. The molecule has 0 aliphatic heterocycles. The number of carbonyl (C=O) groups is 1. The number of ether oxygens (including phenoxy) is 1. The van der Waals surface area contributed by atoms with Crippen LogP contribution in [0.3, 0.4) is 0 Å². The standard InChI is InChI=1S/C14H15ClO3/c1-18-14(17)12-8-10(15)7-11(13(12)16)9-5-3-2-4-6-9/h3,5,7-9,16H,2,4,6H2,1H3/t9-/m1/s1. The summed E-state index contributed by atoms with van der Waals surface area (Å²) in [5, 5.41) is 10.6. The summed E-state index contributed by atoms with van der Waals surface area (Å²) in [4.78, 5) is 11.6. The molecular weight excluding hydrogens is 252 g/mol. The Hall–Kier alpha value is -1.48. The van der Waals surface area contributed by atoms with Crippen LogP contribution in [0, 0.1) is 0 Å². The van der Waals surface area contributed by atoms with Gasteiger partial charge in [0.1, 0.15) is 11.3 Å². The molecule has 18 heavy (non-hydrogen) atoms. The Morgan fingerprint density at radius 3 is 2.89 bits per heavy atom. The zero-order valence-corrected chi connectivity index (χ0v) is 10.9. The van der Waals surface area contributed by atoms with E-state index in [4.69, 9.17) is 11.6 Å². The van der Waals surface area contributed by atoms with Crippen LogP contribution < -0.4 is 0 Å². The third-order valence-corrected chi connectivity index (χ3v) is 3.38. The van der Waals surface area contributed by atoms with Crippen molar-refractivity contribution in [2.24, 2.45) is 0 Å². The lowest BCUT2D eigenvalue weighted by atomic mass is 9.88. The molecule has 0 radical (unpaired) electrons. The number of carbonyl (C=O) groups excluding carboxylic acids is 1. The topological polar surface area (TPSA) is 46.5 Å². The number of methoxy groups -OCH3 is 1. The molecule has 0 spiro atoms. The zero-order chi connectivity index (χ0) is 13.1.